The Morgan fingerprint density at radius 2 is 2.10 bits per heavy atom. The first-order chi connectivity index (χ1) is 9.43. The summed E-state index contributed by atoms with van der Waals surface area (Å²) in [5.41, 5.74) is 0. The maximum absolute atomic E-state index is 12.6. The summed E-state index contributed by atoms with van der Waals surface area (Å²) in [4.78, 5) is 26.2. The Morgan fingerprint density at radius 3 is 2.65 bits per heavy atom. The van der Waals surface area contributed by atoms with Crippen molar-refractivity contribution >= 4 is 11.8 Å². The molecule has 110 valence electrons. The Balaban J connectivity index is 2.19. The maximum atomic E-state index is 12.6. The van der Waals surface area contributed by atoms with Crippen LogP contribution in [-0.2, 0) is 16.1 Å². The van der Waals surface area contributed by atoms with E-state index in [9.17, 15) is 9.59 Å². The second-order valence-corrected chi connectivity index (χ2v) is 5.53. The van der Waals surface area contributed by atoms with Gasteiger partial charge in [0.2, 0.25) is 11.8 Å². The molecule has 1 N–H and O–H groups in total. The lowest BCUT2D eigenvalue weighted by molar-refractivity contribution is -0.151. The van der Waals surface area contributed by atoms with Crippen molar-refractivity contribution in [3.63, 3.8) is 0 Å². The molecule has 0 spiro atoms. The molecule has 2 heterocycles. The maximum Gasteiger partial charge on any atom is 0.246 e. The average Bonchev–Trinajstić information content (AvgIpc) is 2.83. The fourth-order valence-corrected chi connectivity index (χ4v) is 2.42. The third-order valence-corrected chi connectivity index (χ3v) is 4.03. The number of carbonyl (C=O) groups is 2. The highest BCUT2D eigenvalue weighted by Gasteiger charge is 2.40. The highest BCUT2D eigenvalue weighted by Crippen LogP contribution is 2.20. The second-order valence-electron chi connectivity index (χ2n) is 5.53. The van der Waals surface area contributed by atoms with Gasteiger partial charge in [-0.3, -0.25) is 9.59 Å². The van der Waals surface area contributed by atoms with Crippen LogP contribution in [-0.4, -0.2) is 28.8 Å². The van der Waals surface area contributed by atoms with E-state index in [4.69, 9.17) is 4.42 Å². The molecule has 1 aromatic rings. The number of aryl methyl sites for hydroxylation is 1. The van der Waals surface area contributed by atoms with Crippen LogP contribution in [0.15, 0.2) is 16.5 Å². The summed E-state index contributed by atoms with van der Waals surface area (Å²) in [6.45, 7) is 7.94. The molecule has 3 unspecified atom stereocenters. The van der Waals surface area contributed by atoms with Crippen LogP contribution in [0.5, 0.6) is 0 Å². The van der Waals surface area contributed by atoms with Gasteiger partial charge in [0.1, 0.15) is 23.6 Å². The van der Waals surface area contributed by atoms with Crippen molar-refractivity contribution in [2.24, 2.45) is 5.92 Å². The van der Waals surface area contributed by atoms with Crippen molar-refractivity contribution in [1.82, 2.24) is 10.2 Å². The van der Waals surface area contributed by atoms with Gasteiger partial charge in [-0.1, -0.05) is 20.3 Å². The van der Waals surface area contributed by atoms with Crippen molar-refractivity contribution in [2.75, 3.05) is 0 Å². The van der Waals surface area contributed by atoms with Gasteiger partial charge >= 0.3 is 0 Å². The number of furan rings is 1. The zero-order chi connectivity index (χ0) is 14.9. The molecular formula is C15H22N2O3. The summed E-state index contributed by atoms with van der Waals surface area (Å²) in [6, 6.07) is 2.81. The van der Waals surface area contributed by atoms with E-state index in [0.717, 1.165) is 12.2 Å². The number of hydrogen-bond donors (Lipinski definition) is 1. The summed E-state index contributed by atoms with van der Waals surface area (Å²) in [6.07, 6.45) is 0.846. The number of nitrogens with one attached hydrogen (secondary N) is 1. The van der Waals surface area contributed by atoms with Crippen molar-refractivity contribution in [1.29, 1.82) is 0 Å². The van der Waals surface area contributed by atoms with E-state index in [1.165, 1.54) is 0 Å². The van der Waals surface area contributed by atoms with E-state index in [-0.39, 0.29) is 17.7 Å². The summed E-state index contributed by atoms with van der Waals surface area (Å²) in [7, 11) is 0. The van der Waals surface area contributed by atoms with Crippen LogP contribution in [0.2, 0.25) is 0 Å². The van der Waals surface area contributed by atoms with Crippen molar-refractivity contribution in [3.05, 3.63) is 23.7 Å². The number of amides is 2. The van der Waals surface area contributed by atoms with Gasteiger partial charge in [0.05, 0.1) is 6.54 Å². The third kappa shape index (κ3) is 2.71. The topological polar surface area (TPSA) is 62.6 Å². The van der Waals surface area contributed by atoms with Gasteiger partial charge in [0, 0.05) is 0 Å². The van der Waals surface area contributed by atoms with Gasteiger partial charge in [0.25, 0.3) is 0 Å². The van der Waals surface area contributed by atoms with Gasteiger partial charge < -0.3 is 14.6 Å². The number of hydrogen-bond acceptors (Lipinski definition) is 3. The van der Waals surface area contributed by atoms with Crippen LogP contribution in [0, 0.1) is 12.8 Å². The van der Waals surface area contributed by atoms with E-state index in [2.05, 4.69) is 5.32 Å². The smallest absolute Gasteiger partial charge is 0.246 e. The van der Waals surface area contributed by atoms with Crippen molar-refractivity contribution in [3.8, 4) is 0 Å². The molecule has 0 aromatic carbocycles. The van der Waals surface area contributed by atoms with Gasteiger partial charge in [0.15, 0.2) is 0 Å². The Morgan fingerprint density at radius 1 is 1.40 bits per heavy atom. The predicted molar refractivity (Wildman–Crippen MR) is 74.8 cm³/mol. The average molecular weight is 278 g/mol. The zero-order valence-electron chi connectivity index (χ0n) is 12.5. The highest BCUT2D eigenvalue weighted by molar-refractivity contribution is 5.96. The molecule has 1 aromatic heterocycles. The molecule has 20 heavy (non-hydrogen) atoms. The number of nitrogens with zero attached hydrogens (tertiary/aromatic N) is 1. The number of rotatable bonds is 4. The molecule has 5 heteroatoms. The largest absolute Gasteiger partial charge is 0.464 e. The third-order valence-electron chi connectivity index (χ3n) is 4.03. The standard InChI is InChI=1S/C15H22N2O3/c1-5-9(2)13-15(19)17(11(4)14(18)16-13)8-12-7-6-10(3)20-12/h6-7,9,11,13H,5,8H2,1-4H3,(H,16,18). The summed E-state index contributed by atoms with van der Waals surface area (Å²) in [5.74, 6) is 1.51. The molecule has 5 nitrogen and oxygen atoms in total. The Kier molecular flexibility index (Phi) is 4.16. The van der Waals surface area contributed by atoms with Crippen LogP contribution in [0.4, 0.5) is 0 Å². The monoisotopic (exact) mass is 278 g/mol. The van der Waals surface area contributed by atoms with Crippen molar-refractivity contribution < 1.29 is 14.0 Å². The lowest BCUT2D eigenvalue weighted by atomic mass is 9.94. The van der Waals surface area contributed by atoms with Crippen LogP contribution >= 0.6 is 0 Å². The molecule has 2 amide bonds. The Labute approximate surface area is 119 Å². The molecule has 1 fully saturated rings. The molecule has 0 saturated carbocycles. The van der Waals surface area contributed by atoms with Crippen LogP contribution in [0.25, 0.3) is 0 Å². The summed E-state index contributed by atoms with van der Waals surface area (Å²) < 4.78 is 5.51. The zero-order valence-corrected chi connectivity index (χ0v) is 12.5. The minimum atomic E-state index is -0.465. The molecule has 0 radical (unpaired) electrons. The predicted octanol–water partition coefficient (Wildman–Crippen LogP) is 1.85. The molecule has 3 atom stereocenters. The first kappa shape index (κ1) is 14.6. The van der Waals surface area contributed by atoms with Crippen LogP contribution < -0.4 is 5.32 Å². The van der Waals surface area contributed by atoms with E-state index in [0.29, 0.717) is 12.3 Å². The van der Waals surface area contributed by atoms with Gasteiger partial charge in [-0.25, -0.2) is 0 Å². The fraction of sp³-hybridized carbons (Fsp3) is 0.600. The van der Waals surface area contributed by atoms with Crippen LogP contribution in [0.3, 0.4) is 0 Å². The lowest BCUT2D eigenvalue weighted by Gasteiger charge is -2.38. The minimum absolute atomic E-state index is 0.0273. The Hall–Kier alpha value is -1.78. The van der Waals surface area contributed by atoms with E-state index >= 15 is 0 Å². The molecule has 0 bridgehead atoms. The van der Waals surface area contributed by atoms with E-state index in [1.54, 1.807) is 11.8 Å². The molecular weight excluding hydrogens is 256 g/mol. The molecule has 2 rings (SSSR count). The minimum Gasteiger partial charge on any atom is -0.464 e. The lowest BCUT2D eigenvalue weighted by Crippen LogP contribution is -2.63. The van der Waals surface area contributed by atoms with Gasteiger partial charge in [-0.05, 0) is 31.9 Å². The van der Waals surface area contributed by atoms with Crippen molar-refractivity contribution in [2.45, 2.75) is 52.7 Å². The quantitative estimate of drug-likeness (QED) is 0.914. The fourth-order valence-electron chi connectivity index (χ4n) is 2.42. The summed E-state index contributed by atoms with van der Waals surface area (Å²) in [5, 5.41) is 2.83. The first-order valence-electron chi connectivity index (χ1n) is 7.10. The Bertz CT molecular complexity index is 509. The molecule has 1 aliphatic heterocycles. The molecule has 1 aliphatic rings. The normalized spacial score (nSPS) is 24.7. The first-order valence-corrected chi connectivity index (χ1v) is 7.10. The second kappa shape index (κ2) is 5.69. The highest BCUT2D eigenvalue weighted by atomic mass is 16.3. The van der Waals surface area contributed by atoms with Gasteiger partial charge in [-0.15, -0.1) is 0 Å². The molecule has 1 saturated heterocycles. The van der Waals surface area contributed by atoms with E-state index < -0.39 is 12.1 Å². The SMILES string of the molecule is CCC(C)C1NC(=O)C(C)N(Cc2ccc(C)o2)C1=O. The van der Waals surface area contributed by atoms with Crippen LogP contribution in [0.1, 0.15) is 38.7 Å². The number of piperazine rings is 1. The molecule has 0 aliphatic carbocycles. The summed E-state index contributed by atoms with van der Waals surface area (Å²) >= 11 is 0. The number of carbonyl (C=O) groups excluding carboxylic acids is 2. The van der Waals surface area contributed by atoms with Gasteiger partial charge in [-0.2, -0.15) is 0 Å². The van der Waals surface area contributed by atoms with E-state index in [1.807, 2.05) is 32.9 Å².